The maximum Gasteiger partial charge on any atom is 0.433 e. The van der Waals surface area contributed by atoms with Gasteiger partial charge in [-0.1, -0.05) is 12.1 Å². The number of halogens is 3. The number of piperidine rings is 1. The molecule has 0 radical (unpaired) electrons. The Bertz CT molecular complexity index is 1240. The van der Waals surface area contributed by atoms with Crippen molar-refractivity contribution < 1.29 is 18.3 Å². The Morgan fingerprint density at radius 3 is 2.75 bits per heavy atom. The summed E-state index contributed by atoms with van der Waals surface area (Å²) in [5.74, 6) is 2.52. The van der Waals surface area contributed by atoms with E-state index in [4.69, 9.17) is 0 Å². The van der Waals surface area contributed by atoms with Crippen LogP contribution in [0.1, 0.15) is 55.3 Å². The smallest absolute Gasteiger partial charge is 0.433 e. The molecule has 1 aromatic heterocycles. The molecule has 8 rings (SSSR count). The number of anilines is 1. The van der Waals surface area contributed by atoms with Gasteiger partial charge in [-0.25, -0.2) is 4.98 Å². The van der Waals surface area contributed by atoms with Gasteiger partial charge in [0.15, 0.2) is 0 Å². The number of aromatic nitrogens is 1. The van der Waals surface area contributed by atoms with Crippen LogP contribution in [-0.2, 0) is 18.0 Å². The van der Waals surface area contributed by atoms with Crippen molar-refractivity contribution in [3.63, 3.8) is 0 Å². The highest BCUT2D eigenvalue weighted by Crippen LogP contribution is 2.75. The molecule has 190 valence electrons. The van der Waals surface area contributed by atoms with Gasteiger partial charge in [0.2, 0.25) is 0 Å². The van der Waals surface area contributed by atoms with Crippen molar-refractivity contribution in [2.45, 2.75) is 68.6 Å². The minimum absolute atomic E-state index is 0.00594. The lowest BCUT2D eigenvalue weighted by Gasteiger charge is -2.66. The van der Waals surface area contributed by atoms with Crippen LogP contribution in [0.4, 0.5) is 19.0 Å². The molecule has 3 saturated carbocycles. The van der Waals surface area contributed by atoms with E-state index in [9.17, 15) is 18.3 Å². The topological polar surface area (TPSA) is 39.6 Å². The molecule has 2 aromatic rings. The Morgan fingerprint density at radius 2 is 1.94 bits per heavy atom. The first-order valence-electron chi connectivity index (χ1n) is 13.7. The molecule has 0 spiro atoms. The third-order valence-corrected chi connectivity index (χ3v) is 11.1. The standard InChI is InChI=1S/C29H32F3N3O/c30-29(31,32)23-2-1-3-25(33-23)35-16-19-14-27-9-8-22(35)26(19)28(27)10-11-34(15-17-4-5-17)24(27)12-18-6-7-20(36)13-21(18)28/h1-3,6-7,13,17,19,22,24,26,36H,4-5,8-12,14-16H2/t19-,22?,24?,26?,27?,28?/m1/s1. The second kappa shape index (κ2) is 6.97. The zero-order valence-electron chi connectivity index (χ0n) is 20.3. The maximum absolute atomic E-state index is 13.5. The second-order valence-electron chi connectivity index (χ2n) is 12.5. The van der Waals surface area contributed by atoms with Crippen molar-refractivity contribution in [1.29, 1.82) is 0 Å². The molecule has 7 heteroatoms. The summed E-state index contributed by atoms with van der Waals surface area (Å²) in [5.41, 5.74) is 2.13. The van der Waals surface area contributed by atoms with E-state index < -0.39 is 11.9 Å². The van der Waals surface area contributed by atoms with Crippen LogP contribution in [0.2, 0.25) is 0 Å². The lowest BCUT2D eigenvalue weighted by Crippen LogP contribution is -2.69. The first kappa shape index (κ1) is 21.8. The minimum atomic E-state index is -4.44. The third-order valence-electron chi connectivity index (χ3n) is 11.1. The van der Waals surface area contributed by atoms with Crippen molar-refractivity contribution in [3.05, 3.63) is 53.2 Å². The number of hydrogen-bond acceptors (Lipinski definition) is 4. The lowest BCUT2D eigenvalue weighted by molar-refractivity contribution is -0.141. The van der Waals surface area contributed by atoms with E-state index in [-0.39, 0.29) is 16.9 Å². The number of phenolic OH excluding ortho intramolecular Hbond substituents is 1. The fourth-order valence-corrected chi connectivity index (χ4v) is 9.95. The SMILES string of the molecule is Oc1ccc2c(c1)C13CCN(CC4CC4)C(C2)C12CCC1C3[C@@H](CN1c1cccc(C(F)(F)F)n1)C2. The van der Waals surface area contributed by atoms with Gasteiger partial charge in [0, 0.05) is 30.6 Å². The summed E-state index contributed by atoms with van der Waals surface area (Å²) in [4.78, 5) is 9.14. The van der Waals surface area contributed by atoms with E-state index in [1.54, 1.807) is 6.07 Å². The Labute approximate surface area is 209 Å². The summed E-state index contributed by atoms with van der Waals surface area (Å²) < 4.78 is 40.5. The zero-order chi connectivity index (χ0) is 24.4. The number of aromatic hydroxyl groups is 1. The van der Waals surface area contributed by atoms with Gasteiger partial charge in [-0.3, -0.25) is 4.90 Å². The Morgan fingerprint density at radius 1 is 1.08 bits per heavy atom. The summed E-state index contributed by atoms with van der Waals surface area (Å²) in [7, 11) is 0. The number of phenols is 1. The predicted molar refractivity (Wildman–Crippen MR) is 130 cm³/mol. The van der Waals surface area contributed by atoms with Gasteiger partial charge in [-0.2, -0.15) is 13.2 Å². The number of nitrogens with zero attached hydrogens (tertiary/aromatic N) is 3. The summed E-state index contributed by atoms with van der Waals surface area (Å²) in [6, 6.07) is 11.1. The van der Waals surface area contributed by atoms with Crippen molar-refractivity contribution in [3.8, 4) is 5.75 Å². The van der Waals surface area contributed by atoms with Crippen molar-refractivity contribution in [1.82, 2.24) is 9.88 Å². The number of fused-ring (bicyclic) bond motifs is 1. The van der Waals surface area contributed by atoms with Crippen LogP contribution in [0.25, 0.3) is 0 Å². The summed E-state index contributed by atoms with van der Waals surface area (Å²) in [5, 5.41) is 10.6. The number of hydrogen-bond donors (Lipinski definition) is 1. The largest absolute Gasteiger partial charge is 0.508 e. The molecule has 6 aliphatic rings. The number of likely N-dealkylation sites (tertiary alicyclic amines) is 1. The zero-order valence-corrected chi connectivity index (χ0v) is 20.3. The van der Waals surface area contributed by atoms with E-state index in [2.05, 4.69) is 20.9 Å². The van der Waals surface area contributed by atoms with Gasteiger partial charge >= 0.3 is 6.18 Å². The molecule has 4 aliphatic carbocycles. The molecule has 3 heterocycles. The summed E-state index contributed by atoms with van der Waals surface area (Å²) in [6.45, 7) is 3.10. The molecule has 4 nitrogen and oxygen atoms in total. The average Bonchev–Trinajstić information content (AvgIpc) is 3.54. The normalized spacial score (nSPS) is 38.7. The fourth-order valence-electron chi connectivity index (χ4n) is 9.95. The Balaban J connectivity index is 1.24. The van der Waals surface area contributed by atoms with Gasteiger partial charge < -0.3 is 10.0 Å². The highest BCUT2D eigenvalue weighted by Gasteiger charge is 2.76. The van der Waals surface area contributed by atoms with E-state index in [1.165, 1.54) is 36.6 Å². The van der Waals surface area contributed by atoms with Crippen LogP contribution in [0.3, 0.4) is 0 Å². The third kappa shape index (κ3) is 2.68. The number of rotatable bonds is 3. The monoisotopic (exact) mass is 495 g/mol. The first-order valence-corrected chi connectivity index (χ1v) is 13.7. The quantitative estimate of drug-likeness (QED) is 0.620. The minimum Gasteiger partial charge on any atom is -0.508 e. The molecule has 6 atom stereocenters. The fraction of sp³-hybridized carbons (Fsp3) is 0.621. The first-order chi connectivity index (χ1) is 17.3. The molecular weight excluding hydrogens is 463 g/mol. The van der Waals surface area contributed by atoms with Crippen molar-refractivity contribution >= 4 is 5.82 Å². The van der Waals surface area contributed by atoms with Crippen LogP contribution in [0.15, 0.2) is 36.4 Å². The molecule has 5 fully saturated rings. The Hall–Kier alpha value is -2.28. The predicted octanol–water partition coefficient (Wildman–Crippen LogP) is 5.39. The number of pyridine rings is 1. The van der Waals surface area contributed by atoms with E-state index >= 15 is 0 Å². The van der Waals surface area contributed by atoms with Crippen LogP contribution in [0, 0.1) is 23.2 Å². The van der Waals surface area contributed by atoms with Crippen molar-refractivity contribution in [2.75, 3.05) is 24.5 Å². The van der Waals surface area contributed by atoms with Gasteiger partial charge in [0.05, 0.1) is 0 Å². The van der Waals surface area contributed by atoms with Crippen molar-refractivity contribution in [2.24, 2.45) is 23.2 Å². The molecule has 4 bridgehead atoms. The number of alkyl halides is 3. The van der Waals surface area contributed by atoms with E-state index in [1.807, 2.05) is 12.1 Å². The average molecular weight is 496 g/mol. The summed E-state index contributed by atoms with van der Waals surface area (Å²) in [6.07, 6.45) is 3.71. The highest BCUT2D eigenvalue weighted by molar-refractivity contribution is 5.54. The molecular formula is C29H32F3N3O. The molecule has 36 heavy (non-hydrogen) atoms. The molecule has 2 saturated heterocycles. The molecule has 0 amide bonds. The van der Waals surface area contributed by atoms with E-state index in [0.29, 0.717) is 29.4 Å². The molecule has 2 aliphatic heterocycles. The highest BCUT2D eigenvalue weighted by atomic mass is 19.4. The molecule has 1 aromatic carbocycles. The van der Waals surface area contributed by atoms with Gasteiger partial charge in [-0.15, -0.1) is 0 Å². The maximum atomic E-state index is 13.5. The van der Waals surface area contributed by atoms with Gasteiger partial charge in [0.1, 0.15) is 17.3 Å². The molecule has 5 unspecified atom stereocenters. The van der Waals surface area contributed by atoms with Gasteiger partial charge in [0.25, 0.3) is 0 Å². The van der Waals surface area contributed by atoms with E-state index in [0.717, 1.165) is 57.2 Å². The Kier molecular flexibility index (Phi) is 4.22. The second-order valence-corrected chi connectivity index (χ2v) is 12.5. The summed E-state index contributed by atoms with van der Waals surface area (Å²) >= 11 is 0. The van der Waals surface area contributed by atoms with Crippen LogP contribution in [-0.4, -0.2) is 46.7 Å². The number of benzene rings is 1. The lowest BCUT2D eigenvalue weighted by atomic mass is 9.43. The van der Waals surface area contributed by atoms with Gasteiger partial charge in [-0.05, 0) is 110 Å². The van der Waals surface area contributed by atoms with Crippen LogP contribution >= 0.6 is 0 Å². The van der Waals surface area contributed by atoms with Crippen LogP contribution < -0.4 is 4.90 Å². The van der Waals surface area contributed by atoms with Crippen LogP contribution in [0.5, 0.6) is 5.75 Å². The molecule has 1 N–H and O–H groups in total.